The molecule has 1 nitrogen and oxygen atoms in total. The van der Waals surface area contributed by atoms with Gasteiger partial charge in [-0.1, -0.05) is 61.7 Å². The molecule has 4 heteroatoms. The molecular weight excluding hydrogens is 490 g/mol. The minimum atomic E-state index is -0.826. The maximum absolute atomic E-state index is 5.86. The topological polar surface area (TPSA) is 13.1 Å². The molecule has 30 heavy (non-hydrogen) atoms. The SMILES string of the molecule is Cc1ccc(-c2cc3c(-c4ccc(C(C)(C)C)cc4)c(C)c(C)cc3[cH-]2)o1.[Cl][Zr][Cl]. The molecule has 0 aliphatic rings. The Kier molecular flexibility index (Phi) is 7.44. The van der Waals surface area contributed by atoms with Crippen LogP contribution in [0.4, 0.5) is 0 Å². The van der Waals surface area contributed by atoms with Crippen LogP contribution in [0.25, 0.3) is 33.2 Å². The molecule has 0 saturated carbocycles. The summed E-state index contributed by atoms with van der Waals surface area (Å²) in [6.07, 6.45) is 0. The third kappa shape index (κ3) is 4.99. The molecule has 1 heterocycles. The number of rotatable bonds is 2. The molecule has 0 atom stereocenters. The molecule has 156 valence electrons. The normalized spacial score (nSPS) is 11.3. The van der Waals surface area contributed by atoms with Crippen LogP contribution < -0.4 is 0 Å². The van der Waals surface area contributed by atoms with Crippen molar-refractivity contribution in [2.24, 2.45) is 0 Å². The van der Waals surface area contributed by atoms with E-state index in [9.17, 15) is 0 Å². The number of aryl methyl sites for hydroxylation is 2. The van der Waals surface area contributed by atoms with Crippen LogP contribution in [-0.4, -0.2) is 0 Å². The van der Waals surface area contributed by atoms with Crippen molar-refractivity contribution in [3.05, 3.63) is 77.0 Å². The van der Waals surface area contributed by atoms with E-state index >= 15 is 0 Å². The summed E-state index contributed by atoms with van der Waals surface area (Å²) < 4.78 is 5.86. The summed E-state index contributed by atoms with van der Waals surface area (Å²) in [5.74, 6) is 1.88. The molecule has 0 radical (unpaired) electrons. The maximum atomic E-state index is 5.86. The van der Waals surface area contributed by atoms with Gasteiger partial charge in [-0.3, -0.25) is 0 Å². The first-order chi connectivity index (χ1) is 14.2. The predicted molar refractivity (Wildman–Crippen MR) is 127 cm³/mol. The van der Waals surface area contributed by atoms with Gasteiger partial charge in [0.05, 0.1) is 11.5 Å². The molecule has 4 aromatic rings. The van der Waals surface area contributed by atoms with Crippen molar-refractivity contribution >= 4 is 27.8 Å². The average molecular weight is 518 g/mol. The number of hydrogen-bond acceptors (Lipinski definition) is 1. The van der Waals surface area contributed by atoms with Crippen molar-refractivity contribution in [1.82, 2.24) is 0 Å². The molecule has 0 aliphatic heterocycles. The third-order valence-electron chi connectivity index (χ3n) is 5.59. The minimum absolute atomic E-state index is 0.167. The van der Waals surface area contributed by atoms with E-state index in [-0.39, 0.29) is 5.41 Å². The van der Waals surface area contributed by atoms with Crippen LogP contribution in [0, 0.1) is 20.8 Å². The summed E-state index contributed by atoms with van der Waals surface area (Å²) in [5, 5.41) is 2.57. The number of halogens is 2. The van der Waals surface area contributed by atoms with Crippen molar-refractivity contribution in [2.75, 3.05) is 0 Å². The molecule has 0 fully saturated rings. The zero-order valence-corrected chi connectivity index (χ0v) is 22.3. The molecular formula is C26H27Cl2OZr-. The Morgan fingerprint density at radius 1 is 0.900 bits per heavy atom. The molecule has 0 unspecified atom stereocenters. The summed E-state index contributed by atoms with van der Waals surface area (Å²) in [7, 11) is 9.87. The van der Waals surface area contributed by atoms with Crippen molar-refractivity contribution in [3.63, 3.8) is 0 Å². The fraction of sp³-hybridized carbons (Fsp3) is 0.269. The Balaban J connectivity index is 0.000000806. The molecule has 0 saturated heterocycles. The monoisotopic (exact) mass is 515 g/mol. The van der Waals surface area contributed by atoms with E-state index in [0.29, 0.717) is 0 Å². The van der Waals surface area contributed by atoms with Gasteiger partial charge in [0.2, 0.25) is 0 Å². The van der Waals surface area contributed by atoms with Gasteiger partial charge in [0.1, 0.15) is 0 Å². The van der Waals surface area contributed by atoms with E-state index in [1.54, 1.807) is 0 Å². The van der Waals surface area contributed by atoms with Gasteiger partial charge in [-0.2, -0.15) is 0 Å². The number of benzene rings is 2. The summed E-state index contributed by atoms with van der Waals surface area (Å²) in [6, 6.07) is 20.0. The van der Waals surface area contributed by atoms with Crippen molar-refractivity contribution in [1.29, 1.82) is 0 Å². The van der Waals surface area contributed by atoms with Crippen LogP contribution in [0.5, 0.6) is 0 Å². The Labute approximate surface area is 198 Å². The van der Waals surface area contributed by atoms with Gasteiger partial charge in [-0.25, -0.2) is 0 Å². The van der Waals surface area contributed by atoms with Gasteiger partial charge < -0.3 is 4.42 Å². The molecule has 0 spiro atoms. The first-order valence-corrected chi connectivity index (χ1v) is 16.3. The Hall–Kier alpha value is -1.21. The van der Waals surface area contributed by atoms with E-state index in [2.05, 4.69) is 83.1 Å². The predicted octanol–water partition coefficient (Wildman–Crippen LogP) is 9.08. The molecule has 0 aliphatic carbocycles. The van der Waals surface area contributed by atoms with Gasteiger partial charge in [-0.15, -0.1) is 29.0 Å². The summed E-state index contributed by atoms with van der Waals surface area (Å²) in [6.45, 7) is 13.2. The summed E-state index contributed by atoms with van der Waals surface area (Å²) in [5.41, 5.74) is 7.96. The van der Waals surface area contributed by atoms with E-state index in [0.717, 1.165) is 17.1 Å². The fourth-order valence-electron chi connectivity index (χ4n) is 3.84. The zero-order chi connectivity index (χ0) is 22.1. The second kappa shape index (κ2) is 9.51. The molecule has 0 bridgehead atoms. The van der Waals surface area contributed by atoms with E-state index in [1.807, 2.05) is 13.0 Å². The summed E-state index contributed by atoms with van der Waals surface area (Å²) in [4.78, 5) is 0. The Morgan fingerprint density at radius 3 is 2.07 bits per heavy atom. The van der Waals surface area contributed by atoms with Crippen molar-refractivity contribution in [2.45, 2.75) is 47.0 Å². The van der Waals surface area contributed by atoms with Crippen molar-refractivity contribution in [3.8, 4) is 22.5 Å². The Bertz CT molecular complexity index is 1140. The van der Waals surface area contributed by atoms with Crippen LogP contribution >= 0.6 is 17.0 Å². The van der Waals surface area contributed by atoms with Crippen LogP contribution in [0.3, 0.4) is 0 Å². The molecule has 1 aromatic heterocycles. The first-order valence-electron chi connectivity index (χ1n) is 10.0. The van der Waals surface area contributed by atoms with E-state index < -0.39 is 20.8 Å². The van der Waals surface area contributed by atoms with Crippen molar-refractivity contribution < 1.29 is 25.3 Å². The third-order valence-corrected chi connectivity index (χ3v) is 5.59. The number of hydrogen-bond donors (Lipinski definition) is 0. The second-order valence-corrected chi connectivity index (χ2v) is 12.5. The first kappa shape index (κ1) is 23.5. The zero-order valence-electron chi connectivity index (χ0n) is 18.4. The molecule has 3 aromatic carbocycles. The second-order valence-electron chi connectivity index (χ2n) is 8.75. The van der Waals surface area contributed by atoms with E-state index in [4.69, 9.17) is 21.4 Å². The average Bonchev–Trinajstić information content (AvgIpc) is 3.29. The summed E-state index contributed by atoms with van der Waals surface area (Å²) >= 11 is -0.826. The van der Waals surface area contributed by atoms with Gasteiger partial charge in [0.15, 0.2) is 0 Å². The van der Waals surface area contributed by atoms with Crippen LogP contribution in [0.15, 0.2) is 59.0 Å². The Morgan fingerprint density at radius 2 is 1.53 bits per heavy atom. The quantitative estimate of drug-likeness (QED) is 0.242. The van der Waals surface area contributed by atoms with Crippen LogP contribution in [-0.2, 0) is 26.3 Å². The van der Waals surface area contributed by atoms with Gasteiger partial charge >= 0.3 is 37.9 Å². The van der Waals surface area contributed by atoms with Gasteiger partial charge in [-0.05, 0) is 55.0 Å². The van der Waals surface area contributed by atoms with Crippen LogP contribution in [0.2, 0.25) is 0 Å². The number of furan rings is 1. The number of fused-ring (bicyclic) bond motifs is 1. The fourth-order valence-corrected chi connectivity index (χ4v) is 3.84. The van der Waals surface area contributed by atoms with E-state index in [1.165, 1.54) is 38.6 Å². The van der Waals surface area contributed by atoms with Crippen LogP contribution in [0.1, 0.15) is 43.2 Å². The molecule has 0 amide bonds. The van der Waals surface area contributed by atoms with Gasteiger partial charge in [0, 0.05) is 0 Å². The molecule has 0 N–H and O–H groups in total. The molecule has 4 rings (SSSR count). The standard InChI is InChI=1S/C26H27O.2ClH.Zr/c1-16-13-20-14-21(24-12-7-17(2)27-24)15-23(20)25(18(16)3)19-8-10-22(11-9-19)26(4,5)6;;;/h7-15H,1-6H3;2*1H;/q-1;;;+2/p-2. The van der Waals surface area contributed by atoms with Gasteiger partial charge in [0.25, 0.3) is 0 Å².